The van der Waals surface area contributed by atoms with Crippen LogP contribution in [0.3, 0.4) is 0 Å². The number of benzene rings is 1. The Labute approximate surface area is 220 Å². The zero-order chi connectivity index (χ0) is 28.0. The lowest BCUT2D eigenvalue weighted by Crippen LogP contribution is -2.53. The monoisotopic (exact) mass is 549 g/mol. The van der Waals surface area contributed by atoms with Gasteiger partial charge in [0.05, 0.1) is 6.26 Å². The van der Waals surface area contributed by atoms with Crippen molar-refractivity contribution in [2.45, 2.75) is 70.6 Å². The molecule has 12 heteroatoms. The number of hydrogen-bond donors (Lipinski definition) is 0. The van der Waals surface area contributed by atoms with Crippen molar-refractivity contribution in [3.63, 3.8) is 0 Å². The average Bonchev–Trinajstić information content (AvgIpc) is 3.17. The van der Waals surface area contributed by atoms with E-state index in [2.05, 4.69) is 4.98 Å². The number of aromatic nitrogens is 2. The van der Waals surface area contributed by atoms with E-state index in [4.69, 9.17) is 8.92 Å². The van der Waals surface area contributed by atoms with Crippen LogP contribution in [0, 0.1) is 11.7 Å². The molecule has 1 fully saturated rings. The maximum atomic E-state index is 13.6. The molecule has 4 rings (SSSR count). The van der Waals surface area contributed by atoms with E-state index in [1.807, 2.05) is 0 Å². The molecule has 2 aromatic rings. The summed E-state index contributed by atoms with van der Waals surface area (Å²) in [6.07, 6.45) is 1.99. The van der Waals surface area contributed by atoms with Crippen molar-refractivity contribution in [2.75, 3.05) is 13.3 Å². The molecule has 2 atom stereocenters. The second kappa shape index (κ2) is 9.79. The summed E-state index contributed by atoms with van der Waals surface area (Å²) in [6, 6.07) is 5.62. The predicted molar refractivity (Wildman–Crippen MR) is 136 cm³/mol. The standard InChI is InChI=1S/C26H32FN3O7S/c1-25(2,3)36-24(33)29(4)26-13-12-17(14-26)15-30-22(32)21(37-38(5,34)35)20(28-23(26)30)19(31)11-8-16-6-9-18(27)10-7-16/h6-7,9-10,17H,8,11-15H2,1-5H3. The van der Waals surface area contributed by atoms with Gasteiger partial charge in [-0.2, -0.15) is 8.42 Å². The molecule has 10 nitrogen and oxygen atoms in total. The fourth-order valence-electron chi connectivity index (χ4n) is 5.21. The van der Waals surface area contributed by atoms with E-state index < -0.39 is 56.0 Å². The predicted octanol–water partition coefficient (Wildman–Crippen LogP) is 3.41. The number of rotatable bonds is 7. The van der Waals surface area contributed by atoms with Crippen LogP contribution in [0.1, 0.15) is 68.3 Å². The van der Waals surface area contributed by atoms with Crippen LogP contribution in [0.15, 0.2) is 29.1 Å². The molecule has 38 heavy (non-hydrogen) atoms. The Balaban J connectivity index is 1.80. The number of aryl methyl sites for hydroxylation is 1. The lowest BCUT2D eigenvalue weighted by atomic mass is 9.89. The van der Waals surface area contributed by atoms with Gasteiger partial charge in [0.1, 0.15) is 22.8 Å². The van der Waals surface area contributed by atoms with Crippen LogP contribution in [0.25, 0.3) is 0 Å². The Morgan fingerprint density at radius 3 is 2.50 bits per heavy atom. The molecule has 1 amide bonds. The lowest BCUT2D eigenvalue weighted by molar-refractivity contribution is -0.00169. The van der Waals surface area contributed by atoms with E-state index in [-0.39, 0.29) is 31.1 Å². The number of carbonyl (C=O) groups excluding carboxylic acids is 2. The van der Waals surface area contributed by atoms with Crippen LogP contribution in [-0.4, -0.2) is 53.6 Å². The zero-order valence-electron chi connectivity index (χ0n) is 22.1. The molecule has 1 saturated carbocycles. The van der Waals surface area contributed by atoms with Crippen LogP contribution in [-0.2, 0) is 33.4 Å². The first-order chi connectivity index (χ1) is 17.6. The number of fused-ring (bicyclic) bond motifs is 4. The Hall–Kier alpha value is -3.28. The van der Waals surface area contributed by atoms with Gasteiger partial charge in [-0.1, -0.05) is 12.1 Å². The quantitative estimate of drug-likeness (QED) is 0.380. The SMILES string of the molecule is CN(C(=O)OC(C)(C)C)C12CCC(Cn3c1nc(C(=O)CCc1ccc(F)cc1)c(OS(C)(=O)=O)c3=O)C2. The van der Waals surface area contributed by atoms with Gasteiger partial charge in [-0.05, 0) is 70.1 Å². The number of nitrogens with zero attached hydrogens (tertiary/aromatic N) is 3. The number of ether oxygens (including phenoxy) is 1. The second-order valence-corrected chi connectivity index (χ2v) is 12.6. The van der Waals surface area contributed by atoms with Gasteiger partial charge < -0.3 is 8.92 Å². The van der Waals surface area contributed by atoms with E-state index in [0.717, 1.165) is 6.26 Å². The highest BCUT2D eigenvalue weighted by molar-refractivity contribution is 7.86. The van der Waals surface area contributed by atoms with Crippen LogP contribution >= 0.6 is 0 Å². The van der Waals surface area contributed by atoms with Crippen molar-refractivity contribution in [1.29, 1.82) is 0 Å². The van der Waals surface area contributed by atoms with Gasteiger partial charge in [0, 0.05) is 20.0 Å². The number of hydrogen-bond acceptors (Lipinski definition) is 8. The molecular formula is C26H32FN3O7S. The minimum Gasteiger partial charge on any atom is -0.444 e. The molecule has 1 aromatic heterocycles. The second-order valence-electron chi connectivity index (χ2n) is 11.0. The number of halogens is 1. The van der Waals surface area contributed by atoms with Gasteiger partial charge in [0.2, 0.25) is 5.75 Å². The van der Waals surface area contributed by atoms with E-state index in [1.165, 1.54) is 33.7 Å². The number of ketones is 1. The van der Waals surface area contributed by atoms with Crippen LogP contribution in [0.5, 0.6) is 5.75 Å². The summed E-state index contributed by atoms with van der Waals surface area (Å²) in [5, 5.41) is 0. The highest BCUT2D eigenvalue weighted by Gasteiger charge is 2.53. The molecular weight excluding hydrogens is 517 g/mol. The summed E-state index contributed by atoms with van der Waals surface area (Å²) in [7, 11) is -2.58. The average molecular weight is 550 g/mol. The summed E-state index contributed by atoms with van der Waals surface area (Å²) in [4.78, 5) is 46.0. The fourth-order valence-corrected chi connectivity index (χ4v) is 5.66. The van der Waals surface area contributed by atoms with Crippen molar-refractivity contribution in [1.82, 2.24) is 14.5 Å². The third-order valence-corrected chi connectivity index (χ3v) is 7.41. The van der Waals surface area contributed by atoms with Crippen LogP contribution in [0.4, 0.5) is 9.18 Å². The first-order valence-electron chi connectivity index (χ1n) is 12.4. The Bertz CT molecular complexity index is 1430. The van der Waals surface area contributed by atoms with Gasteiger partial charge in [0.15, 0.2) is 11.5 Å². The van der Waals surface area contributed by atoms with Crippen LogP contribution < -0.4 is 9.74 Å². The van der Waals surface area contributed by atoms with Gasteiger partial charge in [-0.25, -0.2) is 14.2 Å². The molecule has 0 saturated heterocycles. The first kappa shape index (κ1) is 27.7. The first-order valence-corrected chi connectivity index (χ1v) is 14.2. The molecule has 0 N–H and O–H groups in total. The van der Waals surface area contributed by atoms with Gasteiger partial charge >= 0.3 is 16.2 Å². The molecule has 2 aliphatic rings. The maximum absolute atomic E-state index is 13.6. The van der Waals surface area contributed by atoms with E-state index in [1.54, 1.807) is 27.8 Å². The van der Waals surface area contributed by atoms with Crippen molar-refractivity contribution >= 4 is 22.0 Å². The molecule has 206 valence electrons. The van der Waals surface area contributed by atoms with E-state index in [9.17, 15) is 27.2 Å². The van der Waals surface area contributed by atoms with Crippen molar-refractivity contribution in [3.05, 3.63) is 57.5 Å². The fraction of sp³-hybridized carbons (Fsp3) is 0.538. The Morgan fingerprint density at radius 1 is 1.24 bits per heavy atom. The van der Waals surface area contributed by atoms with Crippen molar-refractivity contribution in [2.24, 2.45) is 5.92 Å². The number of Topliss-reactive ketones (excluding diaryl/α,β-unsaturated/α-hetero) is 1. The van der Waals surface area contributed by atoms with Gasteiger partial charge in [-0.15, -0.1) is 0 Å². The van der Waals surface area contributed by atoms with E-state index in [0.29, 0.717) is 24.8 Å². The summed E-state index contributed by atoms with van der Waals surface area (Å²) >= 11 is 0. The molecule has 2 bridgehead atoms. The summed E-state index contributed by atoms with van der Waals surface area (Å²) in [5.74, 6) is -1.43. The molecule has 1 aromatic carbocycles. The Kier molecular flexibility index (Phi) is 7.15. The minimum absolute atomic E-state index is 0.0398. The lowest BCUT2D eigenvalue weighted by Gasteiger charge is -2.42. The molecule has 0 spiro atoms. The van der Waals surface area contributed by atoms with Crippen molar-refractivity contribution in [3.8, 4) is 5.75 Å². The third kappa shape index (κ3) is 5.59. The highest BCUT2D eigenvalue weighted by Crippen LogP contribution is 2.49. The van der Waals surface area contributed by atoms with Crippen LogP contribution in [0.2, 0.25) is 0 Å². The third-order valence-electron chi connectivity index (χ3n) is 6.94. The topological polar surface area (TPSA) is 125 Å². The zero-order valence-corrected chi connectivity index (χ0v) is 22.9. The summed E-state index contributed by atoms with van der Waals surface area (Å²) in [5.41, 5.74) is -2.29. The molecule has 1 aliphatic carbocycles. The number of carbonyl (C=O) groups is 2. The van der Waals surface area contributed by atoms with E-state index >= 15 is 0 Å². The normalized spacial score (nSPS) is 20.5. The molecule has 2 unspecified atom stereocenters. The largest absolute Gasteiger partial charge is 0.444 e. The molecule has 0 radical (unpaired) electrons. The number of amides is 1. The summed E-state index contributed by atoms with van der Waals surface area (Å²) in [6.45, 7) is 5.50. The highest BCUT2D eigenvalue weighted by atomic mass is 32.2. The van der Waals surface area contributed by atoms with Crippen molar-refractivity contribution < 1.29 is 31.3 Å². The van der Waals surface area contributed by atoms with Gasteiger partial charge in [-0.3, -0.25) is 19.1 Å². The molecule has 1 aliphatic heterocycles. The molecule has 2 heterocycles. The minimum atomic E-state index is -4.16. The summed E-state index contributed by atoms with van der Waals surface area (Å²) < 4.78 is 49.2. The van der Waals surface area contributed by atoms with Gasteiger partial charge in [0.25, 0.3) is 5.56 Å². The Morgan fingerprint density at radius 2 is 1.89 bits per heavy atom. The maximum Gasteiger partial charge on any atom is 0.410 e. The smallest absolute Gasteiger partial charge is 0.410 e.